The Labute approximate surface area is 80.9 Å². The van der Waals surface area contributed by atoms with Crippen LogP contribution in [0.15, 0.2) is 22.7 Å². The molecule has 0 bridgehead atoms. The summed E-state index contributed by atoms with van der Waals surface area (Å²) in [4.78, 5) is 0. The van der Waals surface area contributed by atoms with E-state index in [1.807, 2.05) is 25.1 Å². The van der Waals surface area contributed by atoms with E-state index in [2.05, 4.69) is 27.8 Å². The summed E-state index contributed by atoms with van der Waals surface area (Å²) in [5.74, 6) is 6.61. The van der Waals surface area contributed by atoms with Crippen molar-refractivity contribution in [1.29, 1.82) is 0 Å². The molecule has 0 saturated carbocycles. The summed E-state index contributed by atoms with van der Waals surface area (Å²) in [7, 11) is 1.64. The molecular weight excluding hydrogens is 216 g/mol. The molecule has 0 atom stereocenters. The first-order chi connectivity index (χ1) is 5.77. The lowest BCUT2D eigenvalue weighted by molar-refractivity contribution is 0.412. The van der Waals surface area contributed by atoms with Gasteiger partial charge in [0.05, 0.1) is 11.6 Å². The maximum absolute atomic E-state index is 5.12. The van der Waals surface area contributed by atoms with Gasteiger partial charge in [0.2, 0.25) is 0 Å². The topological polar surface area (TPSA) is 9.23 Å². The second-order valence-corrected chi connectivity index (χ2v) is 3.08. The van der Waals surface area contributed by atoms with Crippen molar-refractivity contribution in [3.8, 4) is 17.6 Å². The summed E-state index contributed by atoms with van der Waals surface area (Å²) in [5, 5.41) is 0. The number of rotatable bonds is 1. The summed E-state index contributed by atoms with van der Waals surface area (Å²) in [6, 6.07) is 5.78. The van der Waals surface area contributed by atoms with E-state index >= 15 is 0 Å². The quantitative estimate of drug-likeness (QED) is 0.667. The van der Waals surface area contributed by atoms with E-state index in [1.54, 1.807) is 7.11 Å². The molecule has 0 aliphatic rings. The highest BCUT2D eigenvalue weighted by Crippen LogP contribution is 2.24. The highest BCUT2D eigenvalue weighted by molar-refractivity contribution is 9.10. The zero-order chi connectivity index (χ0) is 8.97. The molecule has 1 rings (SSSR count). The van der Waals surface area contributed by atoms with Gasteiger partial charge in [-0.2, -0.15) is 0 Å². The smallest absolute Gasteiger partial charge is 0.134 e. The second kappa shape index (κ2) is 4.18. The lowest BCUT2D eigenvalue weighted by atomic mass is 10.2. The number of hydrogen-bond donors (Lipinski definition) is 0. The number of benzene rings is 1. The molecular formula is C10H9BrO. The van der Waals surface area contributed by atoms with Gasteiger partial charge < -0.3 is 4.74 Å². The van der Waals surface area contributed by atoms with Crippen LogP contribution >= 0.6 is 15.9 Å². The van der Waals surface area contributed by atoms with Gasteiger partial charge in [0.25, 0.3) is 0 Å². The van der Waals surface area contributed by atoms with Gasteiger partial charge in [-0.3, -0.25) is 0 Å². The fraction of sp³-hybridized carbons (Fsp3) is 0.200. The van der Waals surface area contributed by atoms with Gasteiger partial charge in [0, 0.05) is 5.56 Å². The predicted octanol–water partition coefficient (Wildman–Crippen LogP) is 2.83. The molecule has 0 N–H and O–H groups in total. The molecule has 1 aromatic rings. The van der Waals surface area contributed by atoms with Crippen LogP contribution in [0.5, 0.6) is 5.75 Å². The van der Waals surface area contributed by atoms with Crippen molar-refractivity contribution in [2.24, 2.45) is 0 Å². The number of halogens is 1. The molecule has 62 valence electrons. The van der Waals surface area contributed by atoms with Crippen LogP contribution in [0.2, 0.25) is 0 Å². The van der Waals surface area contributed by atoms with Crippen molar-refractivity contribution >= 4 is 15.9 Å². The highest BCUT2D eigenvalue weighted by atomic mass is 79.9. The van der Waals surface area contributed by atoms with Gasteiger partial charge in [-0.05, 0) is 41.1 Å². The van der Waals surface area contributed by atoms with Gasteiger partial charge in [0.15, 0.2) is 0 Å². The van der Waals surface area contributed by atoms with E-state index in [9.17, 15) is 0 Å². The molecule has 0 amide bonds. The van der Waals surface area contributed by atoms with Crippen molar-refractivity contribution in [1.82, 2.24) is 0 Å². The normalized spacial score (nSPS) is 8.58. The lowest BCUT2D eigenvalue weighted by Crippen LogP contribution is -1.85. The third-order valence-corrected chi connectivity index (χ3v) is 2.08. The van der Waals surface area contributed by atoms with Gasteiger partial charge in [0.1, 0.15) is 5.75 Å². The molecule has 2 heteroatoms. The van der Waals surface area contributed by atoms with Crippen molar-refractivity contribution in [2.75, 3.05) is 7.11 Å². The largest absolute Gasteiger partial charge is 0.496 e. The number of hydrogen-bond acceptors (Lipinski definition) is 1. The monoisotopic (exact) mass is 224 g/mol. The third-order valence-electron chi connectivity index (χ3n) is 1.42. The molecule has 0 fully saturated rings. The average Bonchev–Trinajstić information content (AvgIpc) is 2.09. The second-order valence-electron chi connectivity index (χ2n) is 2.22. The molecule has 0 aliphatic carbocycles. The van der Waals surface area contributed by atoms with E-state index in [0.717, 1.165) is 15.8 Å². The van der Waals surface area contributed by atoms with Gasteiger partial charge >= 0.3 is 0 Å². The maximum atomic E-state index is 5.12. The molecule has 0 aliphatic heterocycles. The molecule has 12 heavy (non-hydrogen) atoms. The Morgan fingerprint density at radius 2 is 2.17 bits per heavy atom. The first-order valence-corrected chi connectivity index (χ1v) is 4.33. The van der Waals surface area contributed by atoms with E-state index < -0.39 is 0 Å². The zero-order valence-corrected chi connectivity index (χ0v) is 8.60. The van der Waals surface area contributed by atoms with Crippen molar-refractivity contribution in [3.63, 3.8) is 0 Å². The lowest BCUT2D eigenvalue weighted by Gasteiger charge is -2.02. The minimum atomic E-state index is 0.815. The Balaban J connectivity index is 3.10. The molecule has 0 unspecified atom stereocenters. The van der Waals surface area contributed by atoms with E-state index in [-0.39, 0.29) is 0 Å². The van der Waals surface area contributed by atoms with Gasteiger partial charge in [-0.1, -0.05) is 5.92 Å². The minimum Gasteiger partial charge on any atom is -0.496 e. The van der Waals surface area contributed by atoms with Gasteiger partial charge in [-0.15, -0.1) is 5.92 Å². The first kappa shape index (κ1) is 9.15. The highest BCUT2D eigenvalue weighted by Gasteiger charge is 1.98. The van der Waals surface area contributed by atoms with Crippen molar-refractivity contribution in [2.45, 2.75) is 6.92 Å². The number of ether oxygens (including phenoxy) is 1. The summed E-state index contributed by atoms with van der Waals surface area (Å²) >= 11 is 3.37. The SMILES string of the molecule is CC#Cc1ccc(Br)c(OC)c1. The Bertz CT molecular complexity index is 333. The summed E-state index contributed by atoms with van der Waals surface area (Å²) in [5.41, 5.74) is 0.970. The van der Waals surface area contributed by atoms with Crippen LogP contribution in [0.4, 0.5) is 0 Å². The fourth-order valence-electron chi connectivity index (χ4n) is 0.882. The zero-order valence-electron chi connectivity index (χ0n) is 7.02. The third kappa shape index (κ3) is 2.02. The van der Waals surface area contributed by atoms with Crippen LogP contribution < -0.4 is 4.74 Å². The molecule has 0 spiro atoms. The summed E-state index contributed by atoms with van der Waals surface area (Å²) < 4.78 is 6.07. The van der Waals surface area contributed by atoms with Crippen LogP contribution in [-0.2, 0) is 0 Å². The Hall–Kier alpha value is -0.940. The standard InChI is InChI=1S/C10H9BrO/c1-3-4-8-5-6-9(11)10(7-8)12-2/h5-7H,1-2H3. The average molecular weight is 225 g/mol. The summed E-state index contributed by atoms with van der Waals surface area (Å²) in [6.45, 7) is 1.81. The maximum Gasteiger partial charge on any atom is 0.134 e. The molecule has 1 nitrogen and oxygen atoms in total. The van der Waals surface area contributed by atoms with Crippen LogP contribution in [0.3, 0.4) is 0 Å². The molecule has 0 aromatic heterocycles. The molecule has 1 aromatic carbocycles. The molecule has 0 radical (unpaired) electrons. The first-order valence-electron chi connectivity index (χ1n) is 3.54. The minimum absolute atomic E-state index is 0.815. The van der Waals surface area contributed by atoms with Crippen LogP contribution in [0.25, 0.3) is 0 Å². The predicted molar refractivity (Wildman–Crippen MR) is 53.2 cm³/mol. The van der Waals surface area contributed by atoms with Crippen LogP contribution in [0, 0.1) is 11.8 Å². The van der Waals surface area contributed by atoms with Crippen molar-refractivity contribution < 1.29 is 4.74 Å². The van der Waals surface area contributed by atoms with Crippen LogP contribution in [-0.4, -0.2) is 7.11 Å². The Morgan fingerprint density at radius 1 is 1.42 bits per heavy atom. The Kier molecular flexibility index (Phi) is 3.19. The van der Waals surface area contributed by atoms with E-state index in [0.29, 0.717) is 0 Å². The molecule has 0 heterocycles. The van der Waals surface area contributed by atoms with E-state index in [1.165, 1.54) is 0 Å². The fourth-order valence-corrected chi connectivity index (χ4v) is 1.29. The van der Waals surface area contributed by atoms with Crippen LogP contribution in [0.1, 0.15) is 12.5 Å². The number of methoxy groups -OCH3 is 1. The molecule has 0 saturated heterocycles. The van der Waals surface area contributed by atoms with Crippen molar-refractivity contribution in [3.05, 3.63) is 28.2 Å². The summed E-state index contributed by atoms with van der Waals surface area (Å²) in [6.07, 6.45) is 0. The Morgan fingerprint density at radius 3 is 2.75 bits per heavy atom. The van der Waals surface area contributed by atoms with E-state index in [4.69, 9.17) is 4.74 Å². The van der Waals surface area contributed by atoms with Gasteiger partial charge in [-0.25, -0.2) is 0 Å².